The maximum absolute atomic E-state index is 11.5. The molecule has 1 atom stereocenters. The van der Waals surface area contributed by atoms with Gasteiger partial charge in [-0.05, 0) is 12.3 Å². The van der Waals surface area contributed by atoms with E-state index in [-0.39, 0.29) is 17.4 Å². The van der Waals surface area contributed by atoms with E-state index in [0.717, 1.165) is 19.1 Å². The van der Waals surface area contributed by atoms with Crippen molar-refractivity contribution in [2.75, 3.05) is 30.2 Å². The second-order valence-corrected chi connectivity index (χ2v) is 8.61. The van der Waals surface area contributed by atoms with Crippen molar-refractivity contribution >= 4 is 31.5 Å². The first-order valence-corrected chi connectivity index (χ1v) is 9.66. The molecule has 8 heteroatoms. The van der Waals surface area contributed by atoms with Crippen molar-refractivity contribution in [3.05, 3.63) is 0 Å². The van der Waals surface area contributed by atoms with E-state index in [2.05, 4.69) is 4.72 Å². The van der Waals surface area contributed by atoms with Crippen LogP contribution in [0.5, 0.6) is 0 Å². The van der Waals surface area contributed by atoms with Crippen LogP contribution in [0, 0.1) is 5.92 Å². The van der Waals surface area contributed by atoms with Crippen molar-refractivity contribution in [3.8, 4) is 0 Å². The van der Waals surface area contributed by atoms with Crippen LogP contribution in [0.4, 0.5) is 0 Å². The van der Waals surface area contributed by atoms with Gasteiger partial charge in [-0.1, -0.05) is 13.3 Å². The molecule has 1 unspecified atom stereocenters. The normalized spacial score (nSPS) is 14.8. The van der Waals surface area contributed by atoms with Crippen LogP contribution in [0.3, 0.4) is 0 Å². The first kappa shape index (κ1) is 17.2. The van der Waals surface area contributed by atoms with Crippen LogP contribution >= 0.6 is 11.6 Å². The maximum atomic E-state index is 11.5. The Morgan fingerprint density at radius 1 is 1.18 bits per heavy atom. The Morgan fingerprint density at radius 3 is 2.18 bits per heavy atom. The highest BCUT2D eigenvalue weighted by Crippen LogP contribution is 2.08. The third kappa shape index (κ3) is 9.82. The fourth-order valence-corrected chi connectivity index (χ4v) is 4.21. The van der Waals surface area contributed by atoms with Gasteiger partial charge in [-0.25, -0.2) is 21.6 Å². The van der Waals surface area contributed by atoms with Crippen molar-refractivity contribution in [3.63, 3.8) is 0 Å². The lowest BCUT2D eigenvalue weighted by Crippen LogP contribution is -2.33. The molecule has 0 aromatic rings. The van der Waals surface area contributed by atoms with E-state index in [1.54, 1.807) is 0 Å². The summed E-state index contributed by atoms with van der Waals surface area (Å²) in [6, 6.07) is 0. The van der Waals surface area contributed by atoms with Crippen LogP contribution in [-0.2, 0) is 19.9 Å². The lowest BCUT2D eigenvalue weighted by molar-refractivity contribution is 0.481. The number of hydrogen-bond acceptors (Lipinski definition) is 4. The molecule has 5 nitrogen and oxygen atoms in total. The molecule has 104 valence electrons. The third-order valence-electron chi connectivity index (χ3n) is 2.41. The Labute approximate surface area is 109 Å². The van der Waals surface area contributed by atoms with Crippen molar-refractivity contribution in [2.45, 2.75) is 19.8 Å². The van der Waals surface area contributed by atoms with Gasteiger partial charge in [-0.3, -0.25) is 0 Å². The summed E-state index contributed by atoms with van der Waals surface area (Å²) in [6.07, 6.45) is 2.60. The van der Waals surface area contributed by atoms with Crippen molar-refractivity contribution < 1.29 is 16.8 Å². The largest absolute Gasteiger partial charge is 0.229 e. The highest BCUT2D eigenvalue weighted by atomic mass is 35.5. The number of hydrogen-bond donors (Lipinski definition) is 1. The summed E-state index contributed by atoms with van der Waals surface area (Å²) < 4.78 is 47.1. The van der Waals surface area contributed by atoms with Gasteiger partial charge in [0.05, 0.1) is 11.5 Å². The van der Waals surface area contributed by atoms with Gasteiger partial charge in [0.25, 0.3) is 0 Å². The zero-order valence-electron chi connectivity index (χ0n) is 10.1. The lowest BCUT2D eigenvalue weighted by Gasteiger charge is -2.14. The molecule has 0 aliphatic rings. The van der Waals surface area contributed by atoms with E-state index < -0.39 is 19.9 Å². The van der Waals surface area contributed by atoms with Crippen LogP contribution in [0.2, 0.25) is 0 Å². The smallest absolute Gasteiger partial charge is 0.212 e. The summed E-state index contributed by atoms with van der Waals surface area (Å²) in [5.74, 6) is -0.0537. The predicted octanol–water partition coefficient (Wildman–Crippen LogP) is 0.605. The van der Waals surface area contributed by atoms with Crippen LogP contribution < -0.4 is 4.72 Å². The lowest BCUT2D eigenvalue weighted by atomic mass is 10.0. The second-order valence-electron chi connectivity index (χ2n) is 4.05. The SMILES string of the molecule is CCC(CCCl)CNS(=O)(=O)CCS(C)(=O)=O. The van der Waals surface area contributed by atoms with E-state index in [1.165, 1.54) is 0 Å². The van der Waals surface area contributed by atoms with E-state index in [9.17, 15) is 16.8 Å². The van der Waals surface area contributed by atoms with Crippen LogP contribution in [0.15, 0.2) is 0 Å². The number of rotatable bonds is 9. The summed E-state index contributed by atoms with van der Waals surface area (Å²) in [5.41, 5.74) is 0. The Kier molecular flexibility index (Phi) is 7.62. The molecular formula is C9H20ClNO4S2. The molecule has 0 aliphatic heterocycles. The summed E-state index contributed by atoms with van der Waals surface area (Å²) in [6.45, 7) is 2.28. The molecule has 0 fully saturated rings. The highest BCUT2D eigenvalue weighted by Gasteiger charge is 2.16. The van der Waals surface area contributed by atoms with Crippen LogP contribution in [0.25, 0.3) is 0 Å². The van der Waals surface area contributed by atoms with Gasteiger partial charge in [-0.15, -0.1) is 11.6 Å². The molecule has 0 aromatic carbocycles. The molecule has 0 saturated heterocycles. The first-order valence-electron chi connectivity index (χ1n) is 5.41. The number of alkyl halides is 1. The number of sulfonamides is 1. The Bertz CT molecular complexity index is 405. The van der Waals surface area contributed by atoms with Gasteiger partial charge in [0.2, 0.25) is 10.0 Å². The van der Waals surface area contributed by atoms with Crippen molar-refractivity contribution in [1.29, 1.82) is 0 Å². The van der Waals surface area contributed by atoms with E-state index in [1.807, 2.05) is 6.92 Å². The number of halogens is 1. The Balaban J connectivity index is 4.18. The minimum Gasteiger partial charge on any atom is -0.229 e. The second kappa shape index (κ2) is 7.56. The summed E-state index contributed by atoms with van der Waals surface area (Å²) >= 11 is 5.59. The number of sulfone groups is 1. The monoisotopic (exact) mass is 305 g/mol. The molecule has 0 bridgehead atoms. The van der Waals surface area contributed by atoms with Crippen molar-refractivity contribution in [2.24, 2.45) is 5.92 Å². The minimum atomic E-state index is -3.51. The van der Waals surface area contributed by atoms with Gasteiger partial charge in [0.15, 0.2) is 0 Å². The Hall–Kier alpha value is 0.150. The standard InChI is InChI=1S/C9H20ClNO4S2/c1-3-9(4-5-10)8-11-17(14,15)7-6-16(2,12)13/h9,11H,3-8H2,1-2H3. The molecule has 0 saturated carbocycles. The van der Waals surface area contributed by atoms with E-state index >= 15 is 0 Å². The number of nitrogens with one attached hydrogen (secondary N) is 1. The summed E-state index contributed by atoms with van der Waals surface area (Å²) in [5, 5.41) is 0. The van der Waals surface area contributed by atoms with Crippen LogP contribution in [0.1, 0.15) is 19.8 Å². The fourth-order valence-electron chi connectivity index (χ4n) is 1.18. The Morgan fingerprint density at radius 2 is 1.76 bits per heavy atom. The van der Waals surface area contributed by atoms with Gasteiger partial charge in [-0.2, -0.15) is 0 Å². The predicted molar refractivity (Wildman–Crippen MR) is 70.6 cm³/mol. The highest BCUT2D eigenvalue weighted by molar-refractivity contribution is 7.93. The van der Waals surface area contributed by atoms with Crippen LogP contribution in [-0.4, -0.2) is 47.0 Å². The average molecular weight is 306 g/mol. The third-order valence-corrected chi connectivity index (χ3v) is 5.18. The topological polar surface area (TPSA) is 80.3 Å². The van der Waals surface area contributed by atoms with E-state index in [0.29, 0.717) is 12.4 Å². The molecule has 0 radical (unpaired) electrons. The zero-order chi connectivity index (χ0) is 13.5. The minimum absolute atomic E-state index is 0.195. The average Bonchev–Trinajstić information content (AvgIpc) is 2.21. The van der Waals surface area contributed by atoms with Gasteiger partial charge >= 0.3 is 0 Å². The molecule has 0 rings (SSSR count). The molecule has 17 heavy (non-hydrogen) atoms. The van der Waals surface area contributed by atoms with E-state index in [4.69, 9.17) is 11.6 Å². The maximum Gasteiger partial charge on any atom is 0.212 e. The first-order chi connectivity index (χ1) is 7.70. The van der Waals surface area contributed by atoms with Gasteiger partial charge in [0.1, 0.15) is 9.84 Å². The molecule has 0 aliphatic carbocycles. The summed E-state index contributed by atoms with van der Waals surface area (Å²) in [7, 11) is -6.76. The fraction of sp³-hybridized carbons (Fsp3) is 1.00. The van der Waals surface area contributed by atoms with Gasteiger partial charge < -0.3 is 0 Å². The quantitative estimate of drug-likeness (QED) is 0.633. The molecule has 1 N–H and O–H groups in total. The molecule has 0 spiro atoms. The molecule has 0 amide bonds. The molecule has 0 heterocycles. The van der Waals surface area contributed by atoms with Gasteiger partial charge in [0, 0.05) is 18.7 Å². The molecule has 0 aromatic heterocycles. The molecular weight excluding hydrogens is 286 g/mol. The van der Waals surface area contributed by atoms with Crippen molar-refractivity contribution in [1.82, 2.24) is 4.72 Å². The summed E-state index contributed by atoms with van der Waals surface area (Å²) in [4.78, 5) is 0. The zero-order valence-corrected chi connectivity index (χ0v) is 12.5.